The maximum absolute atomic E-state index is 9.34. The van der Waals surface area contributed by atoms with Gasteiger partial charge in [0.25, 0.3) is 0 Å². The van der Waals surface area contributed by atoms with E-state index in [1.807, 2.05) is 12.1 Å². The van der Waals surface area contributed by atoms with Crippen LogP contribution in [-0.4, -0.2) is 15.1 Å². The minimum absolute atomic E-state index is 0.528. The Balaban J connectivity index is 2.71. The molecule has 2 aromatic rings. The molecule has 0 aliphatic heterocycles. The molecule has 74 valence electrons. The first kappa shape index (κ1) is 9.96. The van der Waals surface area contributed by atoms with Crippen LogP contribution < -0.4 is 0 Å². The number of halogens is 2. The third kappa shape index (κ3) is 1.54. The van der Waals surface area contributed by atoms with Crippen LogP contribution in [-0.2, 0) is 0 Å². The third-order valence-electron chi connectivity index (χ3n) is 1.96. The number of aliphatic hydroxyl groups is 1. The number of hydrogen-bond donors (Lipinski definition) is 2. The van der Waals surface area contributed by atoms with Crippen molar-refractivity contribution in [1.29, 1.82) is 0 Å². The molecule has 14 heavy (non-hydrogen) atoms. The molecular formula is C9H8BrClN2O. The molecule has 1 atom stereocenters. The van der Waals surface area contributed by atoms with Crippen molar-refractivity contribution in [3.63, 3.8) is 0 Å². The van der Waals surface area contributed by atoms with E-state index in [0.29, 0.717) is 10.8 Å². The van der Waals surface area contributed by atoms with Gasteiger partial charge in [0, 0.05) is 4.47 Å². The Bertz CT molecular complexity index is 481. The fourth-order valence-corrected chi connectivity index (χ4v) is 1.77. The van der Waals surface area contributed by atoms with Crippen LogP contribution in [0.5, 0.6) is 0 Å². The molecule has 0 bridgehead atoms. The van der Waals surface area contributed by atoms with Crippen molar-refractivity contribution in [2.45, 2.75) is 13.0 Å². The average Bonchev–Trinajstić information content (AvgIpc) is 2.56. The fourth-order valence-electron chi connectivity index (χ4n) is 1.24. The first-order chi connectivity index (χ1) is 6.59. The third-order valence-corrected chi connectivity index (χ3v) is 3.24. The van der Waals surface area contributed by atoms with Crippen molar-refractivity contribution in [3.8, 4) is 0 Å². The summed E-state index contributed by atoms with van der Waals surface area (Å²) >= 11 is 9.36. The van der Waals surface area contributed by atoms with Gasteiger partial charge in [0.15, 0.2) is 0 Å². The summed E-state index contributed by atoms with van der Waals surface area (Å²) in [5.41, 5.74) is 1.51. The van der Waals surface area contributed by atoms with Gasteiger partial charge >= 0.3 is 0 Å². The number of aromatic nitrogens is 2. The molecule has 0 saturated carbocycles. The Morgan fingerprint density at radius 1 is 1.57 bits per heavy atom. The van der Waals surface area contributed by atoms with Crippen molar-refractivity contribution in [3.05, 3.63) is 27.5 Å². The Morgan fingerprint density at radius 2 is 2.29 bits per heavy atom. The van der Waals surface area contributed by atoms with E-state index < -0.39 is 6.10 Å². The minimum Gasteiger partial charge on any atom is -0.385 e. The number of fused-ring (bicyclic) bond motifs is 1. The molecule has 0 amide bonds. The lowest BCUT2D eigenvalue weighted by atomic mass is 10.3. The molecule has 0 aliphatic carbocycles. The van der Waals surface area contributed by atoms with Crippen LogP contribution >= 0.6 is 27.5 Å². The number of H-pyrrole nitrogens is 1. The Morgan fingerprint density at radius 3 is 2.93 bits per heavy atom. The van der Waals surface area contributed by atoms with Crippen LogP contribution in [0.2, 0.25) is 5.02 Å². The standard InChI is InChI=1S/C9H8BrClN2O/c1-4(14)9-12-6-3-2-5(10)7(11)8(6)13-9/h2-4,14H,1H3,(H,12,13)/t4-/m0/s1. The van der Waals surface area contributed by atoms with Gasteiger partial charge in [-0.3, -0.25) is 0 Å². The number of hydrogen-bond acceptors (Lipinski definition) is 2. The number of aliphatic hydroxyl groups excluding tert-OH is 1. The number of imidazole rings is 1. The highest BCUT2D eigenvalue weighted by Gasteiger charge is 2.11. The summed E-state index contributed by atoms with van der Waals surface area (Å²) in [6.45, 7) is 1.65. The van der Waals surface area contributed by atoms with Crippen molar-refractivity contribution < 1.29 is 5.11 Å². The van der Waals surface area contributed by atoms with Crippen LogP contribution in [0.3, 0.4) is 0 Å². The lowest BCUT2D eigenvalue weighted by Crippen LogP contribution is -1.92. The van der Waals surface area contributed by atoms with Crippen molar-refractivity contribution in [2.75, 3.05) is 0 Å². The Labute approximate surface area is 94.2 Å². The molecule has 3 nitrogen and oxygen atoms in total. The topological polar surface area (TPSA) is 48.9 Å². The summed E-state index contributed by atoms with van der Waals surface area (Å²) in [6.07, 6.45) is -0.614. The van der Waals surface area contributed by atoms with Crippen LogP contribution in [0.4, 0.5) is 0 Å². The lowest BCUT2D eigenvalue weighted by molar-refractivity contribution is 0.190. The smallest absolute Gasteiger partial charge is 0.135 e. The van der Waals surface area contributed by atoms with E-state index in [4.69, 9.17) is 11.6 Å². The zero-order valence-corrected chi connectivity index (χ0v) is 9.72. The van der Waals surface area contributed by atoms with Crippen LogP contribution in [0, 0.1) is 0 Å². The summed E-state index contributed by atoms with van der Waals surface area (Å²) in [5.74, 6) is 0.528. The van der Waals surface area contributed by atoms with Gasteiger partial charge in [0.05, 0.1) is 16.1 Å². The summed E-state index contributed by atoms with van der Waals surface area (Å²) < 4.78 is 0.812. The number of rotatable bonds is 1. The van der Waals surface area contributed by atoms with Crippen LogP contribution in [0.1, 0.15) is 18.9 Å². The van der Waals surface area contributed by atoms with Gasteiger partial charge in [0.1, 0.15) is 11.9 Å². The number of benzene rings is 1. The highest BCUT2D eigenvalue weighted by molar-refractivity contribution is 9.10. The number of aromatic amines is 1. The van der Waals surface area contributed by atoms with E-state index in [-0.39, 0.29) is 0 Å². The Kier molecular flexibility index (Phi) is 2.51. The number of nitrogens with zero attached hydrogens (tertiary/aromatic N) is 1. The van der Waals surface area contributed by atoms with Gasteiger partial charge in [-0.1, -0.05) is 11.6 Å². The van der Waals surface area contributed by atoms with Gasteiger partial charge < -0.3 is 10.1 Å². The average molecular weight is 276 g/mol. The van der Waals surface area contributed by atoms with E-state index in [2.05, 4.69) is 25.9 Å². The molecule has 0 unspecified atom stereocenters. The molecule has 0 radical (unpaired) electrons. The highest BCUT2D eigenvalue weighted by Crippen LogP contribution is 2.30. The van der Waals surface area contributed by atoms with Gasteiger partial charge in [0.2, 0.25) is 0 Å². The maximum atomic E-state index is 9.34. The minimum atomic E-state index is -0.614. The first-order valence-electron chi connectivity index (χ1n) is 4.11. The van der Waals surface area contributed by atoms with Gasteiger partial charge in [-0.05, 0) is 35.0 Å². The zero-order chi connectivity index (χ0) is 10.3. The fraction of sp³-hybridized carbons (Fsp3) is 0.222. The summed E-state index contributed by atoms with van der Waals surface area (Å²) in [7, 11) is 0. The first-order valence-corrected chi connectivity index (χ1v) is 5.28. The van der Waals surface area contributed by atoms with Crippen LogP contribution in [0.25, 0.3) is 11.0 Å². The number of nitrogens with one attached hydrogen (secondary N) is 1. The van der Waals surface area contributed by atoms with E-state index >= 15 is 0 Å². The van der Waals surface area contributed by atoms with E-state index in [1.54, 1.807) is 6.92 Å². The second-order valence-corrected chi connectivity index (χ2v) is 4.29. The van der Waals surface area contributed by atoms with Gasteiger partial charge in [-0.25, -0.2) is 4.98 Å². The molecule has 5 heteroatoms. The highest BCUT2D eigenvalue weighted by atomic mass is 79.9. The van der Waals surface area contributed by atoms with Crippen molar-refractivity contribution >= 4 is 38.6 Å². The van der Waals surface area contributed by atoms with Gasteiger partial charge in [-0.2, -0.15) is 0 Å². The molecule has 0 spiro atoms. The van der Waals surface area contributed by atoms with Crippen LogP contribution in [0.15, 0.2) is 16.6 Å². The molecule has 2 rings (SSSR count). The van der Waals surface area contributed by atoms with Crippen molar-refractivity contribution in [1.82, 2.24) is 9.97 Å². The lowest BCUT2D eigenvalue weighted by Gasteiger charge is -1.96. The molecule has 1 aromatic carbocycles. The molecule has 0 aliphatic rings. The zero-order valence-electron chi connectivity index (χ0n) is 7.38. The predicted molar refractivity (Wildman–Crippen MR) is 59.4 cm³/mol. The summed E-state index contributed by atoms with van der Waals surface area (Å²) in [4.78, 5) is 7.18. The molecule has 0 fully saturated rings. The summed E-state index contributed by atoms with van der Waals surface area (Å²) in [6, 6.07) is 3.67. The molecular weight excluding hydrogens is 267 g/mol. The monoisotopic (exact) mass is 274 g/mol. The normalized spacial score (nSPS) is 13.4. The molecule has 0 saturated heterocycles. The SMILES string of the molecule is C[C@H](O)c1nc2ccc(Br)c(Cl)c2[nH]1. The second-order valence-electron chi connectivity index (χ2n) is 3.05. The predicted octanol–water partition coefficient (Wildman–Crippen LogP) is 3.03. The van der Waals surface area contributed by atoms with E-state index in [1.165, 1.54) is 0 Å². The Hall–Kier alpha value is -0.580. The molecule has 2 N–H and O–H groups in total. The molecule has 1 aromatic heterocycles. The summed E-state index contributed by atoms with van der Waals surface area (Å²) in [5, 5.41) is 9.92. The van der Waals surface area contributed by atoms with E-state index in [9.17, 15) is 5.11 Å². The second kappa shape index (κ2) is 3.53. The maximum Gasteiger partial charge on any atom is 0.135 e. The largest absolute Gasteiger partial charge is 0.385 e. The van der Waals surface area contributed by atoms with E-state index in [0.717, 1.165) is 15.5 Å². The quantitative estimate of drug-likeness (QED) is 0.840. The van der Waals surface area contributed by atoms with Crippen molar-refractivity contribution in [2.24, 2.45) is 0 Å². The molecule has 1 heterocycles. The van der Waals surface area contributed by atoms with Gasteiger partial charge in [-0.15, -0.1) is 0 Å².